The molecule has 1 aliphatic heterocycles. The number of benzene rings is 1. The lowest BCUT2D eigenvalue weighted by atomic mass is 9.81. The van der Waals surface area contributed by atoms with E-state index in [1.54, 1.807) is 25.2 Å². The maximum Gasteiger partial charge on any atom is 0.274 e. The molecule has 2 heterocycles. The highest BCUT2D eigenvalue weighted by Gasteiger charge is 2.39. The lowest BCUT2D eigenvalue weighted by Crippen LogP contribution is -2.48. The van der Waals surface area contributed by atoms with Gasteiger partial charge in [0.25, 0.3) is 5.91 Å². The molecule has 0 aliphatic carbocycles. The van der Waals surface area contributed by atoms with Crippen LogP contribution in [0.5, 0.6) is 0 Å². The monoisotopic (exact) mass is 399 g/mol. The van der Waals surface area contributed by atoms with Crippen molar-refractivity contribution in [2.75, 3.05) is 12.4 Å². The van der Waals surface area contributed by atoms with Gasteiger partial charge in [0.1, 0.15) is 5.69 Å². The van der Waals surface area contributed by atoms with Gasteiger partial charge in [0.15, 0.2) is 5.96 Å². The van der Waals surface area contributed by atoms with E-state index in [1.807, 2.05) is 25.1 Å². The maximum atomic E-state index is 12.4. The van der Waals surface area contributed by atoms with Crippen LogP contribution in [0.25, 0.3) is 0 Å². The van der Waals surface area contributed by atoms with Crippen molar-refractivity contribution in [2.45, 2.75) is 31.7 Å². The molecule has 0 spiro atoms. The highest BCUT2D eigenvalue weighted by Crippen LogP contribution is 2.38. The number of aromatic nitrogens is 1. The zero-order valence-electron chi connectivity index (χ0n) is 15.8. The molecule has 2 aromatic rings. The molecule has 0 fully saturated rings. The molecular formula is C20H22ClN5O2. The van der Waals surface area contributed by atoms with Crippen LogP contribution >= 0.6 is 11.6 Å². The van der Waals surface area contributed by atoms with Gasteiger partial charge in [0.2, 0.25) is 5.91 Å². The average Bonchev–Trinajstić information content (AvgIpc) is 2.67. The molecule has 0 unspecified atom stereocenters. The number of hydrogen-bond donors (Lipinski definition) is 2. The third-order valence-electron chi connectivity index (χ3n) is 4.77. The molecule has 1 atom stereocenters. The fraction of sp³-hybridized carbons (Fsp3) is 0.300. The minimum absolute atomic E-state index is 0.0826. The third kappa shape index (κ3) is 3.99. The zero-order valence-corrected chi connectivity index (χ0v) is 16.5. The Morgan fingerprint density at radius 2 is 2.14 bits per heavy atom. The summed E-state index contributed by atoms with van der Waals surface area (Å²) in [4.78, 5) is 34.9. The first-order chi connectivity index (χ1) is 13.3. The molecule has 1 aromatic carbocycles. The number of carbonyl (C=O) groups excluding carboxylic acids is 2. The number of rotatable bonds is 5. The molecular weight excluding hydrogens is 378 g/mol. The van der Waals surface area contributed by atoms with E-state index in [1.165, 1.54) is 11.1 Å². The average molecular weight is 400 g/mol. The number of carbonyl (C=O) groups is 2. The number of guanidine groups is 1. The van der Waals surface area contributed by atoms with E-state index >= 15 is 0 Å². The summed E-state index contributed by atoms with van der Waals surface area (Å²) in [7, 11) is 1.62. The molecule has 3 rings (SSSR count). The number of hydrogen-bond acceptors (Lipinski definition) is 5. The van der Waals surface area contributed by atoms with E-state index in [4.69, 9.17) is 17.3 Å². The Morgan fingerprint density at radius 1 is 1.36 bits per heavy atom. The minimum atomic E-state index is -0.734. The van der Waals surface area contributed by atoms with Gasteiger partial charge < -0.3 is 11.1 Å². The SMILES string of the molecule is CCC[C@@]1(c2cccc(NC(=O)c3ccc(Cl)cn3)c2)CC(=O)N(C)C(N)=N1. The smallest absolute Gasteiger partial charge is 0.274 e. The van der Waals surface area contributed by atoms with Crippen LogP contribution in [0, 0.1) is 0 Å². The summed E-state index contributed by atoms with van der Waals surface area (Å²) < 4.78 is 0. The Morgan fingerprint density at radius 3 is 2.79 bits per heavy atom. The lowest BCUT2D eigenvalue weighted by molar-refractivity contribution is -0.128. The Balaban J connectivity index is 1.91. The van der Waals surface area contributed by atoms with Gasteiger partial charge in [-0.1, -0.05) is 37.1 Å². The van der Waals surface area contributed by atoms with E-state index in [9.17, 15) is 9.59 Å². The number of anilines is 1. The Kier molecular flexibility index (Phi) is 5.65. The van der Waals surface area contributed by atoms with Crippen LogP contribution in [0.3, 0.4) is 0 Å². The van der Waals surface area contributed by atoms with E-state index in [0.29, 0.717) is 17.1 Å². The number of nitrogens with one attached hydrogen (secondary N) is 1. The molecule has 3 N–H and O–H groups in total. The summed E-state index contributed by atoms with van der Waals surface area (Å²) in [6, 6.07) is 10.5. The fourth-order valence-corrected chi connectivity index (χ4v) is 3.40. The van der Waals surface area contributed by atoms with Crippen LogP contribution in [0.2, 0.25) is 5.02 Å². The Hall–Kier alpha value is -2.93. The number of amides is 2. The predicted octanol–water partition coefficient (Wildman–Crippen LogP) is 3.16. The number of pyridine rings is 1. The third-order valence-corrected chi connectivity index (χ3v) is 4.99. The van der Waals surface area contributed by atoms with Crippen LogP contribution in [0.15, 0.2) is 47.6 Å². The van der Waals surface area contributed by atoms with Crippen molar-refractivity contribution in [1.29, 1.82) is 0 Å². The topological polar surface area (TPSA) is 101 Å². The maximum absolute atomic E-state index is 12.4. The van der Waals surface area contributed by atoms with Crippen LogP contribution in [-0.2, 0) is 10.3 Å². The number of aliphatic imine (C=N–C) groups is 1. The normalized spacial score (nSPS) is 19.3. The van der Waals surface area contributed by atoms with E-state index in [0.717, 1.165) is 12.0 Å². The highest BCUT2D eigenvalue weighted by molar-refractivity contribution is 6.30. The van der Waals surface area contributed by atoms with Gasteiger partial charge >= 0.3 is 0 Å². The quantitative estimate of drug-likeness (QED) is 0.806. The second kappa shape index (κ2) is 7.98. The van der Waals surface area contributed by atoms with Crippen molar-refractivity contribution in [3.63, 3.8) is 0 Å². The van der Waals surface area contributed by atoms with Crippen molar-refractivity contribution in [3.05, 3.63) is 58.9 Å². The molecule has 0 saturated carbocycles. The van der Waals surface area contributed by atoms with Gasteiger partial charge in [0.05, 0.1) is 17.0 Å². The van der Waals surface area contributed by atoms with Crippen molar-refractivity contribution in [3.8, 4) is 0 Å². The van der Waals surface area contributed by atoms with Crippen LogP contribution in [0.1, 0.15) is 42.2 Å². The summed E-state index contributed by atoms with van der Waals surface area (Å²) in [5, 5.41) is 3.29. The molecule has 1 aromatic heterocycles. The van der Waals surface area contributed by atoms with Crippen molar-refractivity contribution < 1.29 is 9.59 Å². The van der Waals surface area contributed by atoms with E-state index in [-0.39, 0.29) is 29.9 Å². The molecule has 7 nitrogen and oxygen atoms in total. The minimum Gasteiger partial charge on any atom is -0.369 e. The first kappa shape index (κ1) is 19.8. The molecule has 0 saturated heterocycles. The summed E-state index contributed by atoms with van der Waals surface area (Å²) in [5.74, 6) is -0.230. The van der Waals surface area contributed by atoms with Gasteiger partial charge in [-0.2, -0.15) is 0 Å². The van der Waals surface area contributed by atoms with Gasteiger partial charge in [-0.05, 0) is 36.2 Å². The van der Waals surface area contributed by atoms with Gasteiger partial charge in [-0.3, -0.25) is 14.5 Å². The molecule has 28 heavy (non-hydrogen) atoms. The van der Waals surface area contributed by atoms with Crippen molar-refractivity contribution in [2.24, 2.45) is 10.7 Å². The summed E-state index contributed by atoms with van der Waals surface area (Å²) in [5.41, 5.74) is 6.94. The Bertz CT molecular complexity index is 928. The second-order valence-electron chi connectivity index (χ2n) is 6.78. The van der Waals surface area contributed by atoms with Crippen molar-refractivity contribution in [1.82, 2.24) is 9.88 Å². The first-order valence-electron chi connectivity index (χ1n) is 9.00. The number of nitrogens with zero attached hydrogens (tertiary/aromatic N) is 3. The largest absolute Gasteiger partial charge is 0.369 e. The second-order valence-corrected chi connectivity index (χ2v) is 7.21. The number of nitrogens with two attached hydrogens (primary N) is 1. The summed E-state index contributed by atoms with van der Waals surface area (Å²) in [6.45, 7) is 2.04. The van der Waals surface area contributed by atoms with Gasteiger partial charge in [0, 0.05) is 18.9 Å². The lowest BCUT2D eigenvalue weighted by Gasteiger charge is -2.36. The van der Waals surface area contributed by atoms with E-state index < -0.39 is 5.54 Å². The number of halogens is 1. The first-order valence-corrected chi connectivity index (χ1v) is 9.38. The zero-order chi connectivity index (χ0) is 20.3. The molecule has 0 bridgehead atoms. The fourth-order valence-electron chi connectivity index (χ4n) is 3.29. The van der Waals surface area contributed by atoms with Crippen molar-refractivity contribution >= 4 is 35.1 Å². The molecule has 8 heteroatoms. The molecule has 0 radical (unpaired) electrons. The molecule has 146 valence electrons. The van der Waals surface area contributed by atoms with Crippen LogP contribution < -0.4 is 11.1 Å². The summed E-state index contributed by atoms with van der Waals surface area (Å²) >= 11 is 5.81. The highest BCUT2D eigenvalue weighted by atomic mass is 35.5. The predicted molar refractivity (Wildman–Crippen MR) is 109 cm³/mol. The Labute approximate surface area is 168 Å². The van der Waals surface area contributed by atoms with Gasteiger partial charge in [-0.15, -0.1) is 0 Å². The molecule has 2 amide bonds. The van der Waals surface area contributed by atoms with E-state index in [2.05, 4.69) is 15.3 Å². The standard InChI is InChI=1S/C20H22ClN5O2/c1-3-9-20(11-17(27)26(2)19(22)25-20)13-5-4-6-15(10-13)24-18(28)16-8-7-14(21)12-23-16/h4-8,10,12H,3,9,11H2,1-2H3,(H2,22,25)(H,24,28)/t20-/m0/s1. The van der Waals surface area contributed by atoms with Crippen LogP contribution in [-0.4, -0.2) is 34.7 Å². The summed E-state index contributed by atoms with van der Waals surface area (Å²) in [6.07, 6.45) is 3.15. The van der Waals surface area contributed by atoms with Gasteiger partial charge in [-0.25, -0.2) is 9.98 Å². The van der Waals surface area contributed by atoms with Crippen LogP contribution in [0.4, 0.5) is 5.69 Å². The molecule has 1 aliphatic rings.